The molecule has 7 heteroatoms. The molecule has 0 aliphatic carbocycles. The Balaban J connectivity index is 2.18. The van der Waals surface area contributed by atoms with Crippen LogP contribution < -0.4 is 10.4 Å². The molecule has 1 N–H and O–H groups in total. The van der Waals surface area contributed by atoms with Gasteiger partial charge >= 0.3 is 5.97 Å². The van der Waals surface area contributed by atoms with E-state index in [1.54, 1.807) is 0 Å². The number of carbonyl (C=O) groups excluding carboxylic acids is 1. The molecule has 2 aromatic carbocycles. The van der Waals surface area contributed by atoms with Gasteiger partial charge in [0.2, 0.25) is 0 Å². The maximum Gasteiger partial charge on any atom is 0.303 e. The van der Waals surface area contributed by atoms with Crippen LogP contribution in [0.3, 0.4) is 0 Å². The van der Waals surface area contributed by atoms with Gasteiger partial charge in [-0.15, -0.1) is 0 Å². The van der Waals surface area contributed by atoms with E-state index in [4.69, 9.17) is 21.7 Å². The highest BCUT2D eigenvalue weighted by Gasteiger charge is 2.56. The molecular formula is C23H29BO5Si. The summed E-state index contributed by atoms with van der Waals surface area (Å²) in [4.78, 5) is 11.7. The molecule has 1 heterocycles. The third-order valence-electron chi connectivity index (χ3n) is 5.56. The quantitative estimate of drug-likeness (QED) is 0.566. The fraction of sp³-hybridized carbons (Fsp3) is 0.435. The Bertz CT molecular complexity index is 800. The van der Waals surface area contributed by atoms with E-state index >= 15 is 0 Å². The van der Waals surface area contributed by atoms with Gasteiger partial charge in [-0.05, 0) is 15.4 Å². The van der Waals surface area contributed by atoms with E-state index in [2.05, 4.69) is 45.0 Å². The summed E-state index contributed by atoms with van der Waals surface area (Å²) in [5.41, 5.74) is 0. The number of hydrogen-bond donors (Lipinski definition) is 1. The summed E-state index contributed by atoms with van der Waals surface area (Å²) >= 11 is 0. The number of ether oxygens (including phenoxy) is 2. The van der Waals surface area contributed by atoms with Gasteiger partial charge in [-0.25, -0.2) is 0 Å². The Morgan fingerprint density at radius 3 is 1.93 bits per heavy atom. The second-order valence-corrected chi connectivity index (χ2v) is 12.9. The van der Waals surface area contributed by atoms with Gasteiger partial charge in [-0.3, -0.25) is 4.79 Å². The lowest BCUT2D eigenvalue weighted by Gasteiger charge is -2.45. The molecule has 0 bridgehead atoms. The summed E-state index contributed by atoms with van der Waals surface area (Å²) in [5.74, 6) is -0.464. The van der Waals surface area contributed by atoms with Gasteiger partial charge in [0.1, 0.15) is 26.2 Å². The Morgan fingerprint density at radius 2 is 1.53 bits per heavy atom. The molecule has 0 spiro atoms. The Labute approximate surface area is 180 Å². The second kappa shape index (κ2) is 9.06. The van der Waals surface area contributed by atoms with E-state index in [0.717, 1.165) is 10.4 Å². The molecule has 0 aromatic heterocycles. The monoisotopic (exact) mass is 424 g/mol. The van der Waals surface area contributed by atoms with E-state index in [1.165, 1.54) is 6.92 Å². The summed E-state index contributed by atoms with van der Waals surface area (Å²) in [6, 6.07) is 19.4. The highest BCUT2D eigenvalue weighted by Crippen LogP contribution is 2.40. The molecule has 4 atom stereocenters. The largest absolute Gasteiger partial charge is 0.458 e. The van der Waals surface area contributed by atoms with Crippen molar-refractivity contribution in [2.75, 3.05) is 6.61 Å². The van der Waals surface area contributed by atoms with E-state index in [0.29, 0.717) is 0 Å². The van der Waals surface area contributed by atoms with Crippen LogP contribution in [0.25, 0.3) is 0 Å². The number of rotatable bonds is 6. The Kier molecular flexibility index (Phi) is 6.87. The highest BCUT2D eigenvalue weighted by molar-refractivity contribution is 6.99. The predicted molar refractivity (Wildman–Crippen MR) is 120 cm³/mol. The third kappa shape index (κ3) is 4.25. The minimum Gasteiger partial charge on any atom is -0.458 e. The van der Waals surface area contributed by atoms with Crippen molar-refractivity contribution in [1.82, 2.24) is 0 Å². The zero-order chi connectivity index (χ0) is 21.9. The van der Waals surface area contributed by atoms with Crippen LogP contribution >= 0.6 is 0 Å². The van der Waals surface area contributed by atoms with Gasteiger partial charge in [-0.2, -0.15) is 0 Å². The van der Waals surface area contributed by atoms with Crippen LogP contribution in [0.2, 0.25) is 5.04 Å². The molecule has 5 nitrogen and oxygen atoms in total. The first-order valence-electron chi connectivity index (χ1n) is 10.2. The SMILES string of the molecule is [B][C@@H]1O[C@H](CO)[C@@H](O[Si](c2ccccc2)(c2ccccc2)C(C)(C)C)[C@@H]1OC(C)=O. The first kappa shape index (κ1) is 22.8. The van der Waals surface area contributed by atoms with Crippen molar-refractivity contribution in [3.63, 3.8) is 0 Å². The maximum absolute atomic E-state index is 11.7. The number of hydrogen-bond acceptors (Lipinski definition) is 5. The van der Waals surface area contributed by atoms with Crippen molar-refractivity contribution in [2.24, 2.45) is 0 Å². The lowest BCUT2D eigenvalue weighted by molar-refractivity contribution is -0.150. The minimum absolute atomic E-state index is 0.275. The summed E-state index contributed by atoms with van der Waals surface area (Å²) in [7, 11) is 3.18. The van der Waals surface area contributed by atoms with Gasteiger partial charge in [0.25, 0.3) is 8.32 Å². The zero-order valence-electron chi connectivity index (χ0n) is 17.9. The molecule has 2 aromatic rings. The second-order valence-electron chi connectivity index (χ2n) is 8.64. The minimum atomic E-state index is -2.93. The molecule has 3 rings (SSSR count). The first-order valence-corrected chi connectivity index (χ1v) is 12.1. The highest BCUT2D eigenvalue weighted by atomic mass is 28.4. The summed E-state index contributed by atoms with van der Waals surface area (Å²) in [5, 5.41) is 11.9. The van der Waals surface area contributed by atoms with Crippen molar-refractivity contribution in [1.29, 1.82) is 0 Å². The van der Waals surface area contributed by atoms with E-state index in [9.17, 15) is 9.90 Å². The van der Waals surface area contributed by atoms with Crippen LogP contribution in [0.15, 0.2) is 60.7 Å². The van der Waals surface area contributed by atoms with Crippen molar-refractivity contribution >= 4 is 32.5 Å². The molecule has 158 valence electrons. The molecule has 1 aliphatic heterocycles. The summed E-state index contributed by atoms with van der Waals surface area (Å²) < 4.78 is 18.2. The van der Waals surface area contributed by atoms with Gasteiger partial charge in [0.15, 0.2) is 0 Å². The fourth-order valence-electron chi connectivity index (χ4n) is 4.27. The Hall–Kier alpha value is -1.93. The standard InChI is InChI=1S/C23H29BO5Si/c1-16(26)27-21-20(19(15-25)28-22(21)24)29-30(23(2,3)4,17-11-7-5-8-12-17)18-13-9-6-10-14-18/h5-14,19-22,25H,15H2,1-4H3/t19-,20-,21+,22-/m1/s1. The molecular weight excluding hydrogens is 395 g/mol. The molecule has 1 aliphatic rings. The van der Waals surface area contributed by atoms with Crippen LogP contribution in [0.5, 0.6) is 0 Å². The number of aliphatic hydroxyl groups is 1. The lowest BCUT2D eigenvalue weighted by Crippen LogP contribution is -2.69. The van der Waals surface area contributed by atoms with Crippen LogP contribution in [0, 0.1) is 0 Å². The van der Waals surface area contributed by atoms with E-state index in [1.807, 2.05) is 36.4 Å². The van der Waals surface area contributed by atoms with Crippen molar-refractivity contribution in [3.05, 3.63) is 60.7 Å². The predicted octanol–water partition coefficient (Wildman–Crippen LogP) is 1.75. The first-order chi connectivity index (χ1) is 14.2. The van der Waals surface area contributed by atoms with Crippen LogP contribution in [-0.2, 0) is 18.7 Å². The maximum atomic E-state index is 11.7. The average molecular weight is 424 g/mol. The van der Waals surface area contributed by atoms with Crippen LogP contribution in [-0.4, -0.2) is 58.2 Å². The van der Waals surface area contributed by atoms with Crippen LogP contribution in [0.1, 0.15) is 27.7 Å². The normalized spacial score (nSPS) is 24.6. The van der Waals surface area contributed by atoms with Gasteiger partial charge < -0.3 is 19.0 Å². The van der Waals surface area contributed by atoms with Crippen LogP contribution in [0.4, 0.5) is 0 Å². The molecule has 0 amide bonds. The summed E-state index contributed by atoms with van der Waals surface area (Å²) in [6.45, 7) is 7.52. The van der Waals surface area contributed by atoms with Gasteiger partial charge in [-0.1, -0.05) is 81.4 Å². The molecule has 30 heavy (non-hydrogen) atoms. The van der Waals surface area contributed by atoms with E-state index < -0.39 is 38.6 Å². The van der Waals surface area contributed by atoms with Gasteiger partial charge in [0, 0.05) is 6.92 Å². The van der Waals surface area contributed by atoms with Crippen molar-refractivity contribution in [2.45, 2.75) is 57.0 Å². The lowest BCUT2D eigenvalue weighted by atomic mass is 9.93. The Morgan fingerprint density at radius 1 is 1.03 bits per heavy atom. The zero-order valence-corrected chi connectivity index (χ0v) is 18.9. The topological polar surface area (TPSA) is 65.0 Å². The molecule has 1 fully saturated rings. The van der Waals surface area contributed by atoms with E-state index in [-0.39, 0.29) is 11.6 Å². The third-order valence-corrected chi connectivity index (χ3v) is 10.6. The fourth-order valence-corrected chi connectivity index (χ4v) is 8.98. The smallest absolute Gasteiger partial charge is 0.303 e. The molecule has 2 radical (unpaired) electrons. The molecule has 0 saturated carbocycles. The van der Waals surface area contributed by atoms with Crippen molar-refractivity contribution in [3.8, 4) is 0 Å². The number of benzene rings is 2. The average Bonchev–Trinajstić information content (AvgIpc) is 3.00. The van der Waals surface area contributed by atoms with Crippen molar-refractivity contribution < 1.29 is 23.8 Å². The molecule has 0 unspecified atom stereocenters. The number of esters is 1. The van der Waals surface area contributed by atoms with Gasteiger partial charge in [0.05, 0.1) is 12.6 Å². The molecule has 1 saturated heterocycles. The number of aliphatic hydroxyl groups excluding tert-OH is 1. The summed E-state index contributed by atoms with van der Waals surface area (Å²) in [6.07, 6.45) is -2.19. The number of carbonyl (C=O) groups is 1.